The summed E-state index contributed by atoms with van der Waals surface area (Å²) in [4.78, 5) is 11.1. The largest absolute Gasteiger partial charge is 0.497 e. The van der Waals surface area contributed by atoms with E-state index < -0.39 is 0 Å². The highest BCUT2D eigenvalue weighted by Gasteiger charge is 2.24. The molecule has 1 unspecified atom stereocenters. The molecule has 1 aliphatic heterocycles. The summed E-state index contributed by atoms with van der Waals surface area (Å²) in [5, 5.41) is 3.41. The molecule has 1 aromatic heterocycles. The summed E-state index contributed by atoms with van der Waals surface area (Å²) in [7, 11) is 5.21. The molecule has 0 aliphatic carbocycles. The first-order chi connectivity index (χ1) is 13.7. The van der Waals surface area contributed by atoms with Gasteiger partial charge in [0.05, 0.1) is 13.7 Å². The Morgan fingerprint density at radius 1 is 1.17 bits per heavy atom. The Balaban J connectivity index is 0.00000300. The Morgan fingerprint density at radius 3 is 2.55 bits per heavy atom. The molecule has 1 fully saturated rings. The minimum Gasteiger partial charge on any atom is -0.497 e. The summed E-state index contributed by atoms with van der Waals surface area (Å²) < 4.78 is 16.2. The fourth-order valence-electron chi connectivity index (χ4n) is 3.25. The van der Waals surface area contributed by atoms with E-state index >= 15 is 0 Å². The number of benzene rings is 1. The first-order valence-electron chi connectivity index (χ1n) is 9.43. The SMILES string of the molecule is CN=C(NCc1ccc(Oc2ccc(OC)cc2)nc1)N1CCC(COC)C1.I. The zero-order valence-corrected chi connectivity index (χ0v) is 19.5. The molecule has 8 heteroatoms. The average molecular weight is 512 g/mol. The van der Waals surface area contributed by atoms with Crippen LogP contribution in [-0.4, -0.2) is 56.8 Å². The molecule has 0 spiro atoms. The van der Waals surface area contributed by atoms with Gasteiger partial charge in [-0.1, -0.05) is 6.07 Å². The molecule has 158 valence electrons. The lowest BCUT2D eigenvalue weighted by Crippen LogP contribution is -2.39. The minimum atomic E-state index is 0. The Labute approximate surface area is 189 Å². The van der Waals surface area contributed by atoms with Crippen molar-refractivity contribution in [1.82, 2.24) is 15.2 Å². The summed E-state index contributed by atoms with van der Waals surface area (Å²) in [6, 6.07) is 11.3. The van der Waals surface area contributed by atoms with Crippen molar-refractivity contribution in [2.75, 3.05) is 41.0 Å². The van der Waals surface area contributed by atoms with E-state index in [1.54, 1.807) is 14.2 Å². The molecule has 0 bridgehead atoms. The van der Waals surface area contributed by atoms with E-state index in [-0.39, 0.29) is 24.0 Å². The van der Waals surface area contributed by atoms with Gasteiger partial charge in [0.2, 0.25) is 5.88 Å². The number of aliphatic imine (C=N–C) groups is 1. The fraction of sp³-hybridized carbons (Fsp3) is 0.429. The molecule has 0 radical (unpaired) electrons. The number of ether oxygens (including phenoxy) is 3. The van der Waals surface area contributed by atoms with Crippen molar-refractivity contribution in [3.05, 3.63) is 48.2 Å². The topological polar surface area (TPSA) is 68.2 Å². The number of hydrogen-bond acceptors (Lipinski definition) is 5. The van der Waals surface area contributed by atoms with Gasteiger partial charge < -0.3 is 24.4 Å². The minimum absolute atomic E-state index is 0. The molecule has 0 saturated carbocycles. The lowest BCUT2D eigenvalue weighted by atomic mass is 10.1. The number of guanidine groups is 1. The molecule has 29 heavy (non-hydrogen) atoms. The van der Waals surface area contributed by atoms with Crippen molar-refractivity contribution in [2.45, 2.75) is 13.0 Å². The maximum absolute atomic E-state index is 5.76. The Kier molecular flexibility index (Phi) is 9.46. The smallest absolute Gasteiger partial charge is 0.219 e. The van der Waals surface area contributed by atoms with Crippen molar-refractivity contribution in [1.29, 1.82) is 0 Å². The monoisotopic (exact) mass is 512 g/mol. The third kappa shape index (κ3) is 6.74. The van der Waals surface area contributed by atoms with Crippen molar-refractivity contribution < 1.29 is 14.2 Å². The number of pyridine rings is 1. The van der Waals surface area contributed by atoms with Gasteiger partial charge in [-0.25, -0.2) is 4.98 Å². The highest BCUT2D eigenvalue weighted by atomic mass is 127. The van der Waals surface area contributed by atoms with Gasteiger partial charge in [0.1, 0.15) is 11.5 Å². The van der Waals surface area contributed by atoms with Crippen LogP contribution in [0.5, 0.6) is 17.4 Å². The van der Waals surface area contributed by atoms with Gasteiger partial charge in [-0.15, -0.1) is 24.0 Å². The van der Waals surface area contributed by atoms with Crippen LogP contribution in [0.15, 0.2) is 47.6 Å². The van der Waals surface area contributed by atoms with E-state index in [9.17, 15) is 0 Å². The molecule has 1 aromatic carbocycles. The van der Waals surface area contributed by atoms with Gasteiger partial charge in [0.15, 0.2) is 5.96 Å². The lowest BCUT2D eigenvalue weighted by molar-refractivity contribution is 0.157. The zero-order valence-electron chi connectivity index (χ0n) is 17.1. The van der Waals surface area contributed by atoms with Crippen molar-refractivity contribution in [3.63, 3.8) is 0 Å². The quantitative estimate of drug-likeness (QED) is 0.348. The number of likely N-dealkylation sites (tertiary alicyclic amines) is 1. The van der Waals surface area contributed by atoms with Crippen molar-refractivity contribution in [3.8, 4) is 17.4 Å². The first-order valence-corrected chi connectivity index (χ1v) is 9.43. The van der Waals surface area contributed by atoms with Crippen LogP contribution >= 0.6 is 24.0 Å². The Morgan fingerprint density at radius 2 is 1.93 bits per heavy atom. The van der Waals surface area contributed by atoms with Crippen LogP contribution in [0, 0.1) is 5.92 Å². The molecular weight excluding hydrogens is 483 g/mol. The normalized spacial score (nSPS) is 16.3. The van der Waals surface area contributed by atoms with Crippen LogP contribution in [0.1, 0.15) is 12.0 Å². The van der Waals surface area contributed by atoms with Crippen LogP contribution in [-0.2, 0) is 11.3 Å². The fourth-order valence-corrected chi connectivity index (χ4v) is 3.25. The van der Waals surface area contributed by atoms with Crippen molar-refractivity contribution >= 4 is 29.9 Å². The summed E-state index contributed by atoms with van der Waals surface area (Å²) in [5.41, 5.74) is 1.07. The maximum atomic E-state index is 5.76. The van der Waals surface area contributed by atoms with Gasteiger partial charge >= 0.3 is 0 Å². The Hall–Kier alpha value is -2.07. The summed E-state index contributed by atoms with van der Waals surface area (Å²) in [6.45, 7) is 3.43. The summed E-state index contributed by atoms with van der Waals surface area (Å²) in [6.07, 6.45) is 2.95. The van der Waals surface area contributed by atoms with Crippen LogP contribution in [0.25, 0.3) is 0 Å². The molecule has 0 amide bonds. The lowest BCUT2D eigenvalue weighted by Gasteiger charge is -2.21. The van der Waals surface area contributed by atoms with Gasteiger partial charge in [0, 0.05) is 52.0 Å². The zero-order chi connectivity index (χ0) is 19.8. The number of aromatic nitrogens is 1. The number of nitrogens with zero attached hydrogens (tertiary/aromatic N) is 3. The van der Waals surface area contributed by atoms with Crippen LogP contribution in [0.2, 0.25) is 0 Å². The molecule has 7 nitrogen and oxygen atoms in total. The van der Waals surface area contributed by atoms with Crippen LogP contribution < -0.4 is 14.8 Å². The molecular formula is C21H29IN4O3. The number of hydrogen-bond donors (Lipinski definition) is 1. The number of nitrogens with one attached hydrogen (secondary N) is 1. The second kappa shape index (κ2) is 11.8. The first kappa shape index (κ1) is 23.2. The standard InChI is InChI=1S/C21H28N4O3.HI/c1-22-21(25-11-10-17(14-25)15-26-2)24-13-16-4-9-20(23-12-16)28-19-7-5-18(27-3)6-8-19;/h4-9,12,17H,10-11,13-15H2,1-3H3,(H,22,24);1H. The van der Waals surface area contributed by atoms with Gasteiger partial charge in [-0.05, 0) is 36.2 Å². The third-order valence-electron chi connectivity index (χ3n) is 4.73. The number of methoxy groups -OCH3 is 2. The van der Waals surface area contributed by atoms with Gasteiger partial charge in [-0.2, -0.15) is 0 Å². The molecule has 3 rings (SSSR count). The van der Waals surface area contributed by atoms with Gasteiger partial charge in [-0.3, -0.25) is 4.99 Å². The molecule has 1 N–H and O–H groups in total. The van der Waals surface area contributed by atoms with E-state index in [1.165, 1.54) is 0 Å². The summed E-state index contributed by atoms with van der Waals surface area (Å²) in [5.74, 6) is 3.55. The second-order valence-corrected chi connectivity index (χ2v) is 6.74. The van der Waals surface area contributed by atoms with Crippen LogP contribution in [0.3, 0.4) is 0 Å². The van der Waals surface area contributed by atoms with E-state index in [0.29, 0.717) is 18.3 Å². The predicted octanol–water partition coefficient (Wildman–Crippen LogP) is 3.54. The molecule has 2 aromatic rings. The third-order valence-corrected chi connectivity index (χ3v) is 4.73. The number of rotatable bonds is 7. The van der Waals surface area contributed by atoms with E-state index in [0.717, 1.165) is 49.1 Å². The van der Waals surface area contributed by atoms with Crippen molar-refractivity contribution in [2.24, 2.45) is 10.9 Å². The van der Waals surface area contributed by atoms with Crippen LogP contribution in [0.4, 0.5) is 0 Å². The van der Waals surface area contributed by atoms with E-state index in [1.807, 2.05) is 49.6 Å². The molecule has 1 atom stereocenters. The highest BCUT2D eigenvalue weighted by Crippen LogP contribution is 2.22. The van der Waals surface area contributed by atoms with E-state index in [4.69, 9.17) is 14.2 Å². The molecule has 1 saturated heterocycles. The van der Waals surface area contributed by atoms with E-state index in [2.05, 4.69) is 20.2 Å². The number of halogens is 1. The maximum Gasteiger partial charge on any atom is 0.219 e. The Bertz CT molecular complexity index is 769. The predicted molar refractivity (Wildman–Crippen MR) is 124 cm³/mol. The second-order valence-electron chi connectivity index (χ2n) is 6.74. The summed E-state index contributed by atoms with van der Waals surface area (Å²) >= 11 is 0. The molecule has 2 heterocycles. The highest BCUT2D eigenvalue weighted by molar-refractivity contribution is 14.0. The molecule has 1 aliphatic rings. The van der Waals surface area contributed by atoms with Gasteiger partial charge in [0.25, 0.3) is 0 Å². The average Bonchev–Trinajstić information content (AvgIpc) is 3.19.